The molecule has 1 atom stereocenters. The van der Waals surface area contributed by atoms with Crippen molar-refractivity contribution >= 4 is 40.8 Å². The Morgan fingerprint density at radius 1 is 1.12 bits per heavy atom. The van der Waals surface area contributed by atoms with Gasteiger partial charge in [-0.25, -0.2) is 4.79 Å². The number of carboxylic acids is 1. The Hall–Kier alpha value is -2.77. The van der Waals surface area contributed by atoms with Crippen molar-refractivity contribution in [1.29, 1.82) is 0 Å². The molecule has 0 saturated heterocycles. The molecule has 6 rings (SSSR count). The zero-order valence-electron chi connectivity index (χ0n) is 22.7. The molecule has 3 aliphatic rings. The summed E-state index contributed by atoms with van der Waals surface area (Å²) in [4.78, 5) is 11.7. The first-order valence-electron chi connectivity index (χ1n) is 13.7. The molecule has 9 heteroatoms. The van der Waals surface area contributed by atoms with Crippen molar-refractivity contribution in [2.75, 3.05) is 0 Å². The van der Waals surface area contributed by atoms with Crippen molar-refractivity contribution in [3.05, 3.63) is 91.7 Å². The van der Waals surface area contributed by atoms with Gasteiger partial charge in [-0.15, -0.1) is 0 Å². The van der Waals surface area contributed by atoms with E-state index in [0.717, 1.165) is 29.7 Å². The molecule has 214 valence electrons. The average molecular weight is 615 g/mol. The molecule has 0 radical (unpaired) electrons. The first kappa shape index (κ1) is 28.4. The van der Waals surface area contributed by atoms with Gasteiger partial charge in [0.1, 0.15) is 23.8 Å². The van der Waals surface area contributed by atoms with Crippen LogP contribution >= 0.6 is 34.8 Å². The maximum atomic E-state index is 11.7. The maximum Gasteiger partial charge on any atom is 0.331 e. The Morgan fingerprint density at radius 3 is 2.46 bits per heavy atom. The van der Waals surface area contributed by atoms with Crippen molar-refractivity contribution in [2.45, 2.75) is 64.1 Å². The molecule has 2 saturated carbocycles. The number of allylic oxidation sites excluding steroid dienone is 3. The van der Waals surface area contributed by atoms with Gasteiger partial charge in [0.2, 0.25) is 0 Å². The fourth-order valence-electron chi connectivity index (χ4n) is 6.36. The van der Waals surface area contributed by atoms with E-state index in [9.17, 15) is 15.0 Å². The average Bonchev–Trinajstić information content (AvgIpc) is 3.65. The molecule has 3 aromatic rings. The quantitative estimate of drug-likeness (QED) is 0.264. The number of hydrogen-bond acceptors (Lipinski definition) is 5. The minimum Gasteiger partial charge on any atom is -0.489 e. The number of halogens is 3. The molecule has 41 heavy (non-hydrogen) atoms. The smallest absolute Gasteiger partial charge is 0.331 e. The molecule has 1 unspecified atom stereocenters. The van der Waals surface area contributed by atoms with E-state index in [2.05, 4.69) is 18.2 Å². The number of carboxylic acid groups (broad SMARTS) is 1. The van der Waals surface area contributed by atoms with E-state index in [1.165, 1.54) is 0 Å². The molecular formula is C32H30Cl3NO5. The topological polar surface area (TPSA) is 92.8 Å². The molecule has 3 aliphatic carbocycles. The summed E-state index contributed by atoms with van der Waals surface area (Å²) < 4.78 is 11.9. The molecule has 6 nitrogen and oxygen atoms in total. The predicted octanol–water partition coefficient (Wildman–Crippen LogP) is 8.72. The molecule has 2 N–H and O–H groups in total. The summed E-state index contributed by atoms with van der Waals surface area (Å²) in [5.74, 6) is 0.868. The highest BCUT2D eigenvalue weighted by Gasteiger charge is 2.52. The van der Waals surface area contributed by atoms with E-state index >= 15 is 0 Å². The highest BCUT2D eigenvalue weighted by Crippen LogP contribution is 2.57. The molecule has 1 heterocycles. The maximum absolute atomic E-state index is 11.7. The summed E-state index contributed by atoms with van der Waals surface area (Å²) in [6.07, 6.45) is 7.34. The number of aliphatic carboxylic acids is 1. The third-order valence-corrected chi connectivity index (χ3v) is 9.64. The van der Waals surface area contributed by atoms with Gasteiger partial charge in [0.25, 0.3) is 0 Å². The number of rotatable bonds is 8. The van der Waals surface area contributed by atoms with Crippen LogP contribution in [0.15, 0.2) is 64.2 Å². The molecular weight excluding hydrogens is 585 g/mol. The number of nitrogens with zero attached hydrogens (tertiary/aromatic N) is 1. The summed E-state index contributed by atoms with van der Waals surface area (Å²) in [5.41, 5.74) is 2.55. The van der Waals surface area contributed by atoms with Crippen molar-refractivity contribution < 1.29 is 24.3 Å². The van der Waals surface area contributed by atoms with Gasteiger partial charge in [-0.05, 0) is 80.7 Å². The molecule has 1 aromatic heterocycles. The molecule has 2 fully saturated rings. The van der Waals surface area contributed by atoms with Gasteiger partial charge in [0, 0.05) is 22.6 Å². The van der Waals surface area contributed by atoms with E-state index in [1.807, 2.05) is 13.0 Å². The summed E-state index contributed by atoms with van der Waals surface area (Å²) in [6.45, 7) is 4.18. The Labute approximate surface area is 253 Å². The Balaban J connectivity index is 1.18. The number of aromatic nitrogens is 1. The van der Waals surface area contributed by atoms with Crippen LogP contribution in [-0.4, -0.2) is 21.3 Å². The highest BCUT2D eigenvalue weighted by molar-refractivity contribution is 6.39. The molecule has 0 bridgehead atoms. The minimum absolute atomic E-state index is 0.127. The zero-order chi connectivity index (χ0) is 29.1. The lowest BCUT2D eigenvalue weighted by Gasteiger charge is -2.52. The standard InChI is InChI=1S/C32H30Cl3NO5/c1-17-10-19(30(37)38)13-31(2,12-17)20-14-32(39,15-20)23-9-8-21(11-26(23)35)40-16-22-28(36-41-29(22)18-6-7-18)27-24(33)4-3-5-25(27)34/h3-5,8-12,18,20,39H,6-7,13-16H2,1-2H3,(H,37,38). The van der Waals surface area contributed by atoms with Crippen LogP contribution in [0.2, 0.25) is 15.1 Å². The Kier molecular flexibility index (Phi) is 7.26. The molecule has 0 spiro atoms. The van der Waals surface area contributed by atoms with Crippen molar-refractivity contribution in [3.8, 4) is 17.0 Å². The number of aliphatic hydroxyl groups is 1. The van der Waals surface area contributed by atoms with Gasteiger partial charge < -0.3 is 19.5 Å². The van der Waals surface area contributed by atoms with Gasteiger partial charge in [-0.1, -0.05) is 70.7 Å². The van der Waals surface area contributed by atoms with Crippen LogP contribution in [-0.2, 0) is 17.0 Å². The minimum atomic E-state index is -1.09. The SMILES string of the molecule is CC1=CC(C)(C2CC(O)(c3ccc(OCc4c(-c5c(Cl)cccc5Cl)noc4C4CC4)cc3Cl)C2)CC(C(=O)O)=C1. The van der Waals surface area contributed by atoms with Crippen LogP contribution in [0.4, 0.5) is 0 Å². The van der Waals surface area contributed by atoms with Gasteiger partial charge >= 0.3 is 5.97 Å². The van der Waals surface area contributed by atoms with Crippen molar-refractivity contribution in [2.24, 2.45) is 11.3 Å². The fourth-order valence-corrected chi connectivity index (χ4v) is 7.28. The summed E-state index contributed by atoms with van der Waals surface area (Å²) in [6, 6.07) is 10.6. The van der Waals surface area contributed by atoms with Crippen molar-refractivity contribution in [1.82, 2.24) is 5.16 Å². The van der Waals surface area contributed by atoms with E-state index in [-0.39, 0.29) is 17.9 Å². The van der Waals surface area contributed by atoms with Gasteiger partial charge in [0.05, 0.1) is 26.2 Å². The van der Waals surface area contributed by atoms with Crippen LogP contribution in [0.1, 0.15) is 68.8 Å². The van der Waals surface area contributed by atoms with Gasteiger partial charge in [0.15, 0.2) is 0 Å². The highest BCUT2D eigenvalue weighted by atomic mass is 35.5. The third kappa shape index (κ3) is 5.32. The largest absolute Gasteiger partial charge is 0.489 e. The first-order chi connectivity index (χ1) is 19.5. The van der Waals surface area contributed by atoms with Crippen molar-refractivity contribution in [3.63, 3.8) is 0 Å². The van der Waals surface area contributed by atoms with Crippen LogP contribution in [0.3, 0.4) is 0 Å². The lowest BCUT2D eigenvalue weighted by Crippen LogP contribution is -2.48. The van der Waals surface area contributed by atoms with E-state index in [1.54, 1.807) is 36.4 Å². The fraction of sp³-hybridized carbons (Fsp3) is 0.375. The molecule has 0 aliphatic heterocycles. The van der Waals surface area contributed by atoms with Crippen LogP contribution in [0.25, 0.3) is 11.3 Å². The number of carbonyl (C=O) groups is 1. The lowest BCUT2D eigenvalue weighted by molar-refractivity contribution is -0.134. The van der Waals surface area contributed by atoms with Crippen LogP contribution in [0, 0.1) is 11.3 Å². The Morgan fingerprint density at radius 2 is 1.83 bits per heavy atom. The lowest BCUT2D eigenvalue weighted by atomic mass is 9.55. The Bertz CT molecular complexity index is 1580. The third-order valence-electron chi connectivity index (χ3n) is 8.70. The van der Waals surface area contributed by atoms with E-state index in [4.69, 9.17) is 44.1 Å². The van der Waals surface area contributed by atoms with E-state index in [0.29, 0.717) is 68.4 Å². The second-order valence-electron chi connectivity index (χ2n) is 11.9. The molecule has 0 amide bonds. The van der Waals surface area contributed by atoms with E-state index < -0.39 is 11.6 Å². The van der Waals surface area contributed by atoms with Gasteiger partial charge in [-0.2, -0.15) is 0 Å². The predicted molar refractivity (Wildman–Crippen MR) is 159 cm³/mol. The summed E-state index contributed by atoms with van der Waals surface area (Å²) >= 11 is 19.6. The number of benzene rings is 2. The second-order valence-corrected chi connectivity index (χ2v) is 13.1. The first-order valence-corrected chi connectivity index (χ1v) is 14.8. The van der Waals surface area contributed by atoms with Gasteiger partial charge in [-0.3, -0.25) is 0 Å². The number of hydrogen-bond donors (Lipinski definition) is 2. The summed E-state index contributed by atoms with van der Waals surface area (Å²) in [5, 5.41) is 26.7. The van der Waals surface area contributed by atoms with Crippen LogP contribution < -0.4 is 4.74 Å². The number of ether oxygens (including phenoxy) is 1. The zero-order valence-corrected chi connectivity index (χ0v) is 25.0. The second kappa shape index (κ2) is 10.5. The molecule has 2 aromatic carbocycles. The monoisotopic (exact) mass is 613 g/mol. The van der Waals surface area contributed by atoms with Crippen LogP contribution in [0.5, 0.6) is 5.75 Å². The summed E-state index contributed by atoms with van der Waals surface area (Å²) in [7, 11) is 0. The normalized spacial score (nSPS) is 25.8.